The minimum absolute atomic E-state index is 0.146. The number of nitrogens with two attached hydrogens (primary N) is 1. The SMILES string of the molecule is NC[C@H](CCNC(=O)O)NC(=O)O. The van der Waals surface area contributed by atoms with Crippen LogP contribution in [0.2, 0.25) is 0 Å². The molecule has 0 bridgehead atoms. The van der Waals surface area contributed by atoms with E-state index in [0.29, 0.717) is 6.42 Å². The Kier molecular flexibility index (Phi) is 5.37. The van der Waals surface area contributed by atoms with Crippen molar-refractivity contribution >= 4 is 12.2 Å². The number of carboxylic acid groups (broad SMARTS) is 2. The van der Waals surface area contributed by atoms with Crippen LogP contribution in [0.5, 0.6) is 0 Å². The third-order valence-corrected chi connectivity index (χ3v) is 1.38. The van der Waals surface area contributed by atoms with Gasteiger partial charge < -0.3 is 26.6 Å². The molecule has 0 aliphatic heterocycles. The number of amides is 2. The van der Waals surface area contributed by atoms with Crippen LogP contribution in [-0.4, -0.2) is 41.5 Å². The summed E-state index contributed by atoms with van der Waals surface area (Å²) in [6.07, 6.45) is -1.95. The summed E-state index contributed by atoms with van der Waals surface area (Å²) in [5.74, 6) is 0. The second kappa shape index (κ2) is 6.06. The molecule has 0 saturated carbocycles. The largest absolute Gasteiger partial charge is 0.465 e. The van der Waals surface area contributed by atoms with E-state index < -0.39 is 18.2 Å². The molecule has 0 aliphatic carbocycles. The lowest BCUT2D eigenvalue weighted by Gasteiger charge is -2.13. The lowest BCUT2D eigenvalue weighted by molar-refractivity contribution is 0.188. The molecule has 0 rings (SSSR count). The van der Waals surface area contributed by atoms with Gasteiger partial charge in [0.15, 0.2) is 0 Å². The molecule has 0 aromatic rings. The van der Waals surface area contributed by atoms with Gasteiger partial charge in [-0.3, -0.25) is 0 Å². The first-order valence-corrected chi connectivity index (χ1v) is 3.72. The standard InChI is InChI=1S/C6H13N3O4/c7-3-4(9-6(12)13)1-2-8-5(10)11/h4,8-9H,1-3,7H2,(H,10,11)(H,12,13)/t4-/m0/s1. The summed E-state index contributed by atoms with van der Waals surface area (Å²) < 4.78 is 0. The second-order valence-corrected chi connectivity index (χ2v) is 2.40. The first-order chi connectivity index (χ1) is 6.06. The van der Waals surface area contributed by atoms with Crippen LogP contribution in [0.4, 0.5) is 9.59 Å². The zero-order valence-electron chi connectivity index (χ0n) is 6.99. The Bertz CT molecular complexity index is 185. The van der Waals surface area contributed by atoms with E-state index in [1.165, 1.54) is 0 Å². The highest BCUT2D eigenvalue weighted by Crippen LogP contribution is 1.87. The van der Waals surface area contributed by atoms with E-state index in [1.54, 1.807) is 0 Å². The predicted octanol–water partition coefficient (Wildman–Crippen LogP) is -0.761. The molecule has 7 nitrogen and oxygen atoms in total. The van der Waals surface area contributed by atoms with Gasteiger partial charge in [0.1, 0.15) is 0 Å². The first kappa shape index (κ1) is 11.5. The van der Waals surface area contributed by atoms with Gasteiger partial charge in [0.2, 0.25) is 0 Å². The number of nitrogens with one attached hydrogen (secondary N) is 2. The zero-order chi connectivity index (χ0) is 10.3. The molecule has 0 unspecified atom stereocenters. The number of rotatable bonds is 5. The number of carbonyl (C=O) groups is 2. The number of hydrogen-bond donors (Lipinski definition) is 5. The molecule has 76 valence electrons. The maximum atomic E-state index is 10.2. The Morgan fingerprint density at radius 3 is 2.31 bits per heavy atom. The zero-order valence-corrected chi connectivity index (χ0v) is 6.99. The maximum Gasteiger partial charge on any atom is 0.404 e. The minimum atomic E-state index is -1.16. The molecule has 0 spiro atoms. The van der Waals surface area contributed by atoms with Gasteiger partial charge in [0, 0.05) is 19.1 Å². The van der Waals surface area contributed by atoms with E-state index in [1.807, 2.05) is 0 Å². The van der Waals surface area contributed by atoms with Gasteiger partial charge in [-0.2, -0.15) is 0 Å². The van der Waals surface area contributed by atoms with Crippen molar-refractivity contribution in [2.45, 2.75) is 12.5 Å². The van der Waals surface area contributed by atoms with E-state index in [9.17, 15) is 9.59 Å². The smallest absolute Gasteiger partial charge is 0.404 e. The fraction of sp³-hybridized carbons (Fsp3) is 0.667. The molecule has 0 heterocycles. The van der Waals surface area contributed by atoms with Crippen LogP contribution in [0.25, 0.3) is 0 Å². The lowest BCUT2D eigenvalue weighted by atomic mass is 10.2. The summed E-state index contributed by atoms with van der Waals surface area (Å²) >= 11 is 0. The highest BCUT2D eigenvalue weighted by Gasteiger charge is 2.08. The average molecular weight is 191 g/mol. The van der Waals surface area contributed by atoms with Gasteiger partial charge in [-0.25, -0.2) is 9.59 Å². The van der Waals surface area contributed by atoms with Crippen molar-refractivity contribution in [3.63, 3.8) is 0 Å². The van der Waals surface area contributed by atoms with Crippen LogP contribution in [-0.2, 0) is 0 Å². The Balaban J connectivity index is 3.59. The Hall–Kier alpha value is -1.50. The molecular weight excluding hydrogens is 178 g/mol. The van der Waals surface area contributed by atoms with E-state index in [2.05, 4.69) is 10.6 Å². The fourth-order valence-electron chi connectivity index (χ4n) is 0.777. The molecule has 1 atom stereocenters. The van der Waals surface area contributed by atoms with Crippen LogP contribution in [0.15, 0.2) is 0 Å². The quantitative estimate of drug-likeness (QED) is 0.390. The highest BCUT2D eigenvalue weighted by atomic mass is 16.4. The number of hydrogen-bond acceptors (Lipinski definition) is 3. The van der Waals surface area contributed by atoms with Crippen LogP contribution < -0.4 is 16.4 Å². The second-order valence-electron chi connectivity index (χ2n) is 2.40. The predicted molar refractivity (Wildman–Crippen MR) is 44.6 cm³/mol. The van der Waals surface area contributed by atoms with E-state index in [-0.39, 0.29) is 13.1 Å². The summed E-state index contributed by atoms with van der Waals surface area (Å²) in [5.41, 5.74) is 5.24. The Morgan fingerprint density at radius 1 is 1.31 bits per heavy atom. The minimum Gasteiger partial charge on any atom is -0.465 e. The van der Waals surface area contributed by atoms with Crippen molar-refractivity contribution in [3.8, 4) is 0 Å². The molecule has 0 aliphatic rings. The van der Waals surface area contributed by atoms with Crippen molar-refractivity contribution in [1.82, 2.24) is 10.6 Å². The highest BCUT2D eigenvalue weighted by molar-refractivity contribution is 5.65. The van der Waals surface area contributed by atoms with Gasteiger partial charge in [-0.1, -0.05) is 0 Å². The Morgan fingerprint density at radius 2 is 1.92 bits per heavy atom. The van der Waals surface area contributed by atoms with Crippen molar-refractivity contribution in [1.29, 1.82) is 0 Å². The van der Waals surface area contributed by atoms with Crippen molar-refractivity contribution in [2.75, 3.05) is 13.1 Å². The maximum absolute atomic E-state index is 10.2. The van der Waals surface area contributed by atoms with Crippen molar-refractivity contribution in [3.05, 3.63) is 0 Å². The van der Waals surface area contributed by atoms with Crippen LogP contribution in [0.1, 0.15) is 6.42 Å². The van der Waals surface area contributed by atoms with E-state index >= 15 is 0 Å². The molecule has 0 aromatic carbocycles. The van der Waals surface area contributed by atoms with Crippen molar-refractivity contribution in [2.24, 2.45) is 5.73 Å². The third kappa shape index (κ3) is 6.88. The van der Waals surface area contributed by atoms with Gasteiger partial charge in [-0.15, -0.1) is 0 Å². The molecule has 13 heavy (non-hydrogen) atoms. The summed E-state index contributed by atoms with van der Waals surface area (Å²) in [5, 5.41) is 20.8. The monoisotopic (exact) mass is 191 g/mol. The van der Waals surface area contributed by atoms with Gasteiger partial charge >= 0.3 is 12.2 Å². The summed E-state index contributed by atoms with van der Waals surface area (Å²) in [4.78, 5) is 20.2. The first-order valence-electron chi connectivity index (χ1n) is 3.72. The van der Waals surface area contributed by atoms with Crippen LogP contribution in [0.3, 0.4) is 0 Å². The lowest BCUT2D eigenvalue weighted by Crippen LogP contribution is -2.41. The Labute approximate surface area is 74.9 Å². The molecule has 6 N–H and O–H groups in total. The molecule has 7 heteroatoms. The van der Waals surface area contributed by atoms with Gasteiger partial charge in [0.05, 0.1) is 0 Å². The molecule has 0 radical (unpaired) electrons. The van der Waals surface area contributed by atoms with Gasteiger partial charge in [-0.05, 0) is 6.42 Å². The molecule has 0 fully saturated rings. The van der Waals surface area contributed by atoms with Crippen LogP contribution >= 0.6 is 0 Å². The molecule has 2 amide bonds. The normalized spacial score (nSPS) is 11.8. The fourth-order valence-corrected chi connectivity index (χ4v) is 0.777. The van der Waals surface area contributed by atoms with Crippen LogP contribution in [0, 0.1) is 0 Å². The summed E-state index contributed by atoms with van der Waals surface area (Å²) in [6.45, 7) is 0.324. The third-order valence-electron chi connectivity index (χ3n) is 1.38. The van der Waals surface area contributed by atoms with E-state index in [4.69, 9.17) is 15.9 Å². The van der Waals surface area contributed by atoms with E-state index in [0.717, 1.165) is 0 Å². The topological polar surface area (TPSA) is 125 Å². The summed E-state index contributed by atoms with van der Waals surface area (Å²) in [7, 11) is 0. The molecule has 0 saturated heterocycles. The molecular formula is C6H13N3O4. The van der Waals surface area contributed by atoms with Crippen molar-refractivity contribution < 1.29 is 19.8 Å². The summed E-state index contributed by atoms with van der Waals surface area (Å²) in [6, 6.07) is -0.413. The average Bonchev–Trinajstić information content (AvgIpc) is 2.01. The molecule has 0 aromatic heterocycles. The van der Waals surface area contributed by atoms with Gasteiger partial charge in [0.25, 0.3) is 0 Å².